The number of hydrogen-bond donors (Lipinski definition) is 0. The van der Waals surface area contributed by atoms with Crippen molar-refractivity contribution >= 4 is 33.9 Å². The van der Waals surface area contributed by atoms with E-state index in [-0.39, 0.29) is 3.63 Å². The van der Waals surface area contributed by atoms with E-state index in [1.807, 2.05) is 0 Å². The van der Waals surface area contributed by atoms with Crippen molar-refractivity contribution in [2.24, 2.45) is 0 Å². The van der Waals surface area contributed by atoms with Gasteiger partial charge in [0.05, 0.1) is 0 Å². The van der Waals surface area contributed by atoms with E-state index in [9.17, 15) is 0 Å². The third kappa shape index (κ3) is 2.40. The fourth-order valence-corrected chi connectivity index (χ4v) is 7.26. The van der Waals surface area contributed by atoms with Crippen molar-refractivity contribution in [1.82, 2.24) is 0 Å². The Morgan fingerprint density at radius 3 is 2.36 bits per heavy atom. The quantitative estimate of drug-likeness (QED) is 0.458. The van der Waals surface area contributed by atoms with Gasteiger partial charge in [0.25, 0.3) is 0 Å². The summed E-state index contributed by atoms with van der Waals surface area (Å²) >= 11 is -2.33. The Morgan fingerprint density at radius 1 is 0.773 bits per heavy atom. The molecule has 3 aromatic rings. The van der Waals surface area contributed by atoms with Crippen LogP contribution in [0.25, 0.3) is 28.0 Å². The molecule has 0 bridgehead atoms. The molecule has 0 spiro atoms. The van der Waals surface area contributed by atoms with Crippen LogP contribution in [0.5, 0.6) is 0 Å². The molecule has 0 radical (unpaired) electrons. The number of hydrogen-bond acceptors (Lipinski definition) is 0. The van der Waals surface area contributed by atoms with Gasteiger partial charge in [-0.25, -0.2) is 0 Å². The van der Waals surface area contributed by atoms with Crippen molar-refractivity contribution in [3.63, 3.8) is 0 Å². The standard InChI is InChI=1S/C19H13.2ClH.Zr/c1-2-10-16-14(6-1)8-4-12-18(16)19-13-5-9-15-7-3-11-17(15)19;;;/h1-13H;2*1H;/q;;;+2/p-2. The van der Waals surface area contributed by atoms with Gasteiger partial charge in [-0.3, -0.25) is 0 Å². The van der Waals surface area contributed by atoms with Crippen molar-refractivity contribution in [2.75, 3.05) is 0 Å². The minimum atomic E-state index is -2.33. The predicted octanol–water partition coefficient (Wildman–Crippen LogP) is 6.50. The monoisotopic (exact) mass is 401 g/mol. The van der Waals surface area contributed by atoms with E-state index in [1.165, 1.54) is 33.0 Å². The Hall–Kier alpha value is -0.877. The minimum absolute atomic E-state index is 0.274. The van der Waals surface area contributed by atoms with E-state index in [4.69, 9.17) is 17.0 Å². The van der Waals surface area contributed by atoms with Gasteiger partial charge in [0.2, 0.25) is 0 Å². The van der Waals surface area contributed by atoms with Gasteiger partial charge < -0.3 is 0 Å². The van der Waals surface area contributed by atoms with E-state index >= 15 is 0 Å². The fraction of sp³-hybridized carbons (Fsp3) is 0.0526. The molecule has 1 unspecified atom stereocenters. The first-order chi connectivity index (χ1) is 10.8. The van der Waals surface area contributed by atoms with E-state index in [0.29, 0.717) is 0 Å². The molecule has 0 heterocycles. The Morgan fingerprint density at radius 2 is 1.50 bits per heavy atom. The van der Waals surface area contributed by atoms with Gasteiger partial charge in [-0.05, 0) is 0 Å². The molecule has 3 aromatic carbocycles. The van der Waals surface area contributed by atoms with Gasteiger partial charge in [-0.15, -0.1) is 0 Å². The summed E-state index contributed by atoms with van der Waals surface area (Å²) in [5.74, 6) is 0. The van der Waals surface area contributed by atoms with Crippen LogP contribution in [0.2, 0.25) is 0 Å². The number of fused-ring (bicyclic) bond motifs is 2. The second kappa shape index (κ2) is 5.97. The molecule has 3 heteroatoms. The van der Waals surface area contributed by atoms with Gasteiger partial charge in [0.15, 0.2) is 0 Å². The van der Waals surface area contributed by atoms with Crippen LogP contribution in [0.3, 0.4) is 0 Å². The van der Waals surface area contributed by atoms with E-state index in [0.717, 1.165) is 0 Å². The van der Waals surface area contributed by atoms with Gasteiger partial charge in [-0.2, -0.15) is 0 Å². The van der Waals surface area contributed by atoms with Crippen molar-refractivity contribution in [1.29, 1.82) is 0 Å². The van der Waals surface area contributed by atoms with Gasteiger partial charge >= 0.3 is 146 Å². The Kier molecular flexibility index (Phi) is 3.99. The number of halogens is 2. The molecule has 1 aliphatic carbocycles. The zero-order valence-electron chi connectivity index (χ0n) is 11.8. The van der Waals surface area contributed by atoms with Gasteiger partial charge in [-0.1, -0.05) is 0 Å². The van der Waals surface area contributed by atoms with Crippen LogP contribution in [-0.2, 0) is 19.4 Å². The zero-order valence-corrected chi connectivity index (χ0v) is 15.7. The molecule has 0 saturated carbocycles. The van der Waals surface area contributed by atoms with Crippen LogP contribution in [0.4, 0.5) is 0 Å². The topological polar surface area (TPSA) is 0 Å². The van der Waals surface area contributed by atoms with Crippen molar-refractivity contribution < 1.29 is 19.4 Å². The third-order valence-electron chi connectivity index (χ3n) is 4.25. The Labute approximate surface area is 145 Å². The van der Waals surface area contributed by atoms with Crippen LogP contribution in [0.15, 0.2) is 66.7 Å². The number of rotatable bonds is 2. The van der Waals surface area contributed by atoms with Crippen LogP contribution < -0.4 is 0 Å². The maximum atomic E-state index is 6.32. The Bertz CT molecular complexity index is 878. The van der Waals surface area contributed by atoms with Crippen molar-refractivity contribution in [3.05, 3.63) is 77.9 Å². The first-order valence-corrected chi connectivity index (χ1v) is 15.0. The number of allylic oxidation sites excluding steroid dienone is 1. The molecule has 0 amide bonds. The summed E-state index contributed by atoms with van der Waals surface area (Å²) in [5, 5.41) is 2.55. The van der Waals surface area contributed by atoms with Crippen molar-refractivity contribution in [3.8, 4) is 11.1 Å². The second-order valence-corrected chi connectivity index (χ2v) is 14.4. The molecule has 1 atom stereocenters. The Balaban J connectivity index is 1.96. The first-order valence-electron chi connectivity index (χ1n) is 7.23. The summed E-state index contributed by atoms with van der Waals surface area (Å²) in [6.45, 7) is 0. The SMILES string of the molecule is [Cl][Zr]([Cl])[CH]1C=Cc2c(-c3cccc4ccccc34)cccc21. The summed E-state index contributed by atoms with van der Waals surface area (Å²) in [4.78, 5) is 0. The van der Waals surface area contributed by atoms with Crippen LogP contribution in [0.1, 0.15) is 14.8 Å². The van der Waals surface area contributed by atoms with Crippen LogP contribution in [-0.4, -0.2) is 0 Å². The van der Waals surface area contributed by atoms with E-state index < -0.39 is 19.4 Å². The van der Waals surface area contributed by atoms with E-state index in [1.54, 1.807) is 0 Å². The third-order valence-corrected chi connectivity index (χ3v) is 9.42. The maximum absolute atomic E-state index is 6.32. The number of benzene rings is 3. The molecule has 1 aliphatic rings. The summed E-state index contributed by atoms with van der Waals surface area (Å²) in [7, 11) is 12.6. The molecular weight excluding hydrogens is 390 g/mol. The predicted molar refractivity (Wildman–Crippen MR) is 92.9 cm³/mol. The molecule has 0 fully saturated rings. The molecule has 0 aliphatic heterocycles. The summed E-state index contributed by atoms with van der Waals surface area (Å²) < 4.78 is 0.274. The molecule has 22 heavy (non-hydrogen) atoms. The van der Waals surface area contributed by atoms with Crippen molar-refractivity contribution in [2.45, 2.75) is 3.63 Å². The van der Waals surface area contributed by atoms with Crippen LogP contribution >= 0.6 is 17.0 Å². The van der Waals surface area contributed by atoms with Gasteiger partial charge in [0, 0.05) is 0 Å². The molecule has 0 nitrogen and oxygen atoms in total. The molecule has 0 aromatic heterocycles. The van der Waals surface area contributed by atoms with Gasteiger partial charge in [0.1, 0.15) is 0 Å². The summed E-state index contributed by atoms with van der Waals surface area (Å²) in [5.41, 5.74) is 5.12. The van der Waals surface area contributed by atoms with Crippen LogP contribution in [0, 0.1) is 0 Å². The fourth-order valence-electron chi connectivity index (χ4n) is 3.22. The molecule has 4 rings (SSSR count). The molecule has 107 valence electrons. The summed E-state index contributed by atoms with van der Waals surface area (Å²) in [6, 6.07) is 21.5. The zero-order chi connectivity index (χ0) is 15.1. The molecule has 0 saturated heterocycles. The summed E-state index contributed by atoms with van der Waals surface area (Å²) in [6.07, 6.45) is 4.39. The average Bonchev–Trinajstić information content (AvgIpc) is 2.98. The van der Waals surface area contributed by atoms with E-state index in [2.05, 4.69) is 72.8 Å². The first kappa shape index (κ1) is 14.7. The normalized spacial score (nSPS) is 16.0. The molecular formula is C19H13Cl2Zr. The second-order valence-electron chi connectivity index (χ2n) is 5.46. The average molecular weight is 403 g/mol. The molecule has 0 N–H and O–H groups in total.